The summed E-state index contributed by atoms with van der Waals surface area (Å²) >= 11 is 0. The van der Waals surface area contributed by atoms with Crippen molar-refractivity contribution in [1.29, 1.82) is 0 Å². The lowest BCUT2D eigenvalue weighted by Gasteiger charge is -2.25. The number of nitro benzene ring substituents is 1. The van der Waals surface area contributed by atoms with E-state index in [2.05, 4.69) is 25.5 Å². The van der Waals surface area contributed by atoms with Crippen LogP contribution in [0.15, 0.2) is 28.0 Å². The zero-order chi connectivity index (χ0) is 16.8. The Balaban J connectivity index is 0.00000208. The highest BCUT2D eigenvalue weighted by Crippen LogP contribution is 2.29. The van der Waals surface area contributed by atoms with Gasteiger partial charge in [0.1, 0.15) is 12.0 Å². The Morgan fingerprint density at radius 1 is 1.29 bits per heavy atom. The van der Waals surface area contributed by atoms with Crippen molar-refractivity contribution in [3.63, 3.8) is 0 Å². The standard InChI is InChI=1S/C11H10N8O4.ClH/c1-11(12,18-4-13-16-17-18)6-2-5(19(22)23)3-7-8(6)15-10(21)9(20)14-7;/h2-4H,12H2,1H3,(H,14,20)(H,15,21);1H. The number of halogens is 1. The van der Waals surface area contributed by atoms with E-state index in [9.17, 15) is 19.7 Å². The summed E-state index contributed by atoms with van der Waals surface area (Å²) in [7, 11) is 0. The van der Waals surface area contributed by atoms with Gasteiger partial charge in [-0.3, -0.25) is 19.7 Å². The van der Waals surface area contributed by atoms with Gasteiger partial charge in [-0.05, 0) is 17.4 Å². The first-order chi connectivity index (χ1) is 10.8. The lowest BCUT2D eigenvalue weighted by Crippen LogP contribution is -2.42. The van der Waals surface area contributed by atoms with E-state index >= 15 is 0 Å². The molecule has 1 atom stereocenters. The van der Waals surface area contributed by atoms with Crippen molar-refractivity contribution in [1.82, 2.24) is 30.2 Å². The summed E-state index contributed by atoms with van der Waals surface area (Å²) in [5.74, 6) is 0. The molecule has 1 aromatic carbocycles. The predicted molar refractivity (Wildman–Crippen MR) is 83.8 cm³/mol. The van der Waals surface area contributed by atoms with Crippen LogP contribution in [0.2, 0.25) is 0 Å². The Morgan fingerprint density at radius 3 is 2.54 bits per heavy atom. The number of fused-ring (bicyclic) bond motifs is 1. The number of rotatable bonds is 3. The van der Waals surface area contributed by atoms with Crippen LogP contribution in [0.3, 0.4) is 0 Å². The van der Waals surface area contributed by atoms with Gasteiger partial charge in [0.2, 0.25) is 0 Å². The third-order valence-corrected chi connectivity index (χ3v) is 3.40. The molecule has 0 aliphatic carbocycles. The van der Waals surface area contributed by atoms with Crippen molar-refractivity contribution in [2.45, 2.75) is 12.6 Å². The van der Waals surface area contributed by atoms with Crippen LogP contribution in [0.25, 0.3) is 11.0 Å². The number of tetrazole rings is 1. The third-order valence-electron chi connectivity index (χ3n) is 3.40. The first kappa shape index (κ1) is 17.2. The number of H-pyrrole nitrogens is 2. The van der Waals surface area contributed by atoms with Crippen molar-refractivity contribution in [2.24, 2.45) is 5.73 Å². The quantitative estimate of drug-likeness (QED) is 0.311. The number of nitrogens with zero attached hydrogens (tertiary/aromatic N) is 5. The summed E-state index contributed by atoms with van der Waals surface area (Å²) in [6.45, 7) is 1.51. The average Bonchev–Trinajstić information content (AvgIpc) is 3.02. The Bertz CT molecular complexity index is 1020. The van der Waals surface area contributed by atoms with Crippen LogP contribution in [-0.2, 0) is 5.66 Å². The summed E-state index contributed by atoms with van der Waals surface area (Å²) in [6.07, 6.45) is 1.23. The van der Waals surface area contributed by atoms with Crippen molar-refractivity contribution in [3.05, 3.63) is 54.8 Å². The second kappa shape index (κ2) is 5.82. The molecule has 126 valence electrons. The lowest BCUT2D eigenvalue weighted by molar-refractivity contribution is -0.384. The van der Waals surface area contributed by atoms with Crippen LogP contribution >= 0.6 is 12.4 Å². The number of hydrogen-bond acceptors (Lipinski definition) is 8. The van der Waals surface area contributed by atoms with Crippen LogP contribution in [0.1, 0.15) is 12.5 Å². The summed E-state index contributed by atoms with van der Waals surface area (Å²) in [4.78, 5) is 38.2. The van der Waals surface area contributed by atoms with E-state index in [4.69, 9.17) is 5.73 Å². The van der Waals surface area contributed by atoms with Gasteiger partial charge in [-0.15, -0.1) is 17.5 Å². The number of non-ortho nitro benzene ring substituents is 1. The fourth-order valence-electron chi connectivity index (χ4n) is 2.21. The molecule has 0 spiro atoms. The molecule has 0 saturated carbocycles. The van der Waals surface area contributed by atoms with Crippen molar-refractivity contribution < 1.29 is 4.92 Å². The number of hydrogen-bond donors (Lipinski definition) is 3. The molecule has 4 N–H and O–H groups in total. The van der Waals surface area contributed by atoms with E-state index in [1.807, 2.05) is 0 Å². The van der Waals surface area contributed by atoms with Crippen molar-refractivity contribution in [3.8, 4) is 0 Å². The fraction of sp³-hybridized carbons (Fsp3) is 0.182. The van der Waals surface area contributed by atoms with Gasteiger partial charge in [-0.1, -0.05) is 0 Å². The molecule has 0 radical (unpaired) electrons. The van der Waals surface area contributed by atoms with Crippen LogP contribution in [0.4, 0.5) is 5.69 Å². The molecule has 0 amide bonds. The summed E-state index contributed by atoms with van der Waals surface area (Å²) in [5, 5.41) is 21.7. The minimum absolute atomic E-state index is 0. The second-order valence-electron chi connectivity index (χ2n) is 4.98. The maximum absolute atomic E-state index is 11.6. The summed E-state index contributed by atoms with van der Waals surface area (Å²) < 4.78 is 1.18. The molecule has 0 bridgehead atoms. The topological polar surface area (TPSA) is 178 Å². The van der Waals surface area contributed by atoms with Gasteiger partial charge in [-0.25, -0.2) is 4.68 Å². The number of nitrogens with one attached hydrogen (secondary N) is 2. The zero-order valence-corrected chi connectivity index (χ0v) is 12.9. The van der Waals surface area contributed by atoms with Gasteiger partial charge >= 0.3 is 11.1 Å². The highest BCUT2D eigenvalue weighted by Gasteiger charge is 2.30. The van der Waals surface area contributed by atoms with Crippen molar-refractivity contribution >= 4 is 29.1 Å². The first-order valence-electron chi connectivity index (χ1n) is 6.28. The number of aromatic amines is 2. The zero-order valence-electron chi connectivity index (χ0n) is 12.1. The van der Waals surface area contributed by atoms with E-state index < -0.39 is 21.7 Å². The first-order valence-corrected chi connectivity index (χ1v) is 6.28. The molecule has 12 nitrogen and oxygen atoms in total. The molecule has 3 aromatic rings. The molecule has 2 heterocycles. The fourth-order valence-corrected chi connectivity index (χ4v) is 2.21. The monoisotopic (exact) mass is 354 g/mol. The van der Waals surface area contributed by atoms with Crippen LogP contribution in [0, 0.1) is 10.1 Å². The highest BCUT2D eigenvalue weighted by atomic mass is 35.5. The van der Waals surface area contributed by atoms with Gasteiger partial charge in [-0.2, -0.15) is 0 Å². The maximum atomic E-state index is 11.6. The van der Waals surface area contributed by atoms with E-state index in [0.29, 0.717) is 0 Å². The maximum Gasteiger partial charge on any atom is 0.314 e. The molecule has 13 heteroatoms. The minimum Gasteiger partial charge on any atom is -0.316 e. The van der Waals surface area contributed by atoms with Crippen molar-refractivity contribution in [2.75, 3.05) is 0 Å². The van der Waals surface area contributed by atoms with Gasteiger partial charge in [0.25, 0.3) is 5.69 Å². The number of nitrogens with two attached hydrogens (primary N) is 1. The second-order valence-corrected chi connectivity index (χ2v) is 4.98. The smallest absolute Gasteiger partial charge is 0.314 e. The van der Waals surface area contributed by atoms with Crippen LogP contribution in [-0.4, -0.2) is 35.1 Å². The highest BCUT2D eigenvalue weighted by molar-refractivity contribution is 5.85. The molecule has 24 heavy (non-hydrogen) atoms. The van der Waals surface area contributed by atoms with Gasteiger partial charge in [0.15, 0.2) is 0 Å². The molecule has 2 aromatic heterocycles. The lowest BCUT2D eigenvalue weighted by atomic mass is 9.99. The van der Waals surface area contributed by atoms with Gasteiger partial charge in [0, 0.05) is 17.7 Å². The normalized spacial score (nSPS) is 13.2. The Morgan fingerprint density at radius 2 is 1.96 bits per heavy atom. The van der Waals surface area contributed by atoms with E-state index in [1.54, 1.807) is 0 Å². The molecule has 0 aliphatic heterocycles. The van der Waals surface area contributed by atoms with Crippen LogP contribution < -0.4 is 16.9 Å². The van der Waals surface area contributed by atoms with Gasteiger partial charge in [0.05, 0.1) is 16.0 Å². The third kappa shape index (κ3) is 2.63. The Hall–Kier alpha value is -3.12. The molecule has 1 unspecified atom stereocenters. The molecule has 0 aliphatic rings. The predicted octanol–water partition coefficient (Wildman–Crippen LogP) is -0.787. The van der Waals surface area contributed by atoms with E-state index in [1.165, 1.54) is 24.0 Å². The van der Waals surface area contributed by atoms with Crippen LogP contribution in [0.5, 0.6) is 0 Å². The Labute approximate surface area is 138 Å². The van der Waals surface area contributed by atoms with E-state index in [0.717, 1.165) is 6.07 Å². The molecule has 0 fully saturated rings. The number of nitro groups is 1. The molecular formula is C11H11ClN8O4. The SMILES string of the molecule is CC(N)(c1cc([N+](=O)[O-])cc2[nH]c(=O)c(=O)[nH]c12)n1cnnn1.Cl. The number of benzene rings is 1. The van der Waals surface area contributed by atoms with E-state index in [-0.39, 0.29) is 34.7 Å². The number of aromatic nitrogens is 6. The summed E-state index contributed by atoms with van der Waals surface area (Å²) in [5.41, 5.74) is 3.06. The average molecular weight is 355 g/mol. The molecular weight excluding hydrogens is 344 g/mol. The van der Waals surface area contributed by atoms with Gasteiger partial charge < -0.3 is 15.7 Å². The minimum atomic E-state index is -1.41. The summed E-state index contributed by atoms with van der Waals surface area (Å²) in [6, 6.07) is 2.32. The Kier molecular flexibility index (Phi) is 4.18. The molecule has 0 saturated heterocycles. The molecule has 3 rings (SSSR count). The largest absolute Gasteiger partial charge is 0.316 e.